The molecule has 0 spiro atoms. The molecule has 2 rings (SSSR count). The van der Waals surface area contributed by atoms with Crippen molar-refractivity contribution in [3.63, 3.8) is 0 Å². The van der Waals surface area contributed by atoms with E-state index in [2.05, 4.69) is 31.2 Å². The highest BCUT2D eigenvalue weighted by Gasteiger charge is 2.17. The first-order chi connectivity index (χ1) is 9.60. The predicted molar refractivity (Wildman–Crippen MR) is 73.6 cm³/mol. The van der Waals surface area contributed by atoms with Crippen LogP contribution in [0.2, 0.25) is 0 Å². The van der Waals surface area contributed by atoms with Crippen LogP contribution in [0.3, 0.4) is 0 Å². The Morgan fingerprint density at radius 2 is 2.35 bits per heavy atom. The number of rotatable bonds is 5. The molecule has 0 aliphatic rings. The zero-order valence-corrected chi connectivity index (χ0v) is 12.3. The minimum Gasteiger partial charge on any atom is -0.464 e. The molecule has 0 fully saturated rings. The number of ether oxygens (including phenoxy) is 1. The first-order valence-electron chi connectivity index (χ1n) is 5.96. The Hall–Kier alpha value is -1.80. The van der Waals surface area contributed by atoms with E-state index in [-0.39, 0.29) is 13.2 Å². The highest BCUT2D eigenvalue weighted by Crippen LogP contribution is 2.19. The van der Waals surface area contributed by atoms with Crippen LogP contribution in [0.4, 0.5) is 0 Å². The van der Waals surface area contributed by atoms with E-state index in [0.717, 1.165) is 10.0 Å². The topological polar surface area (TPSA) is 90.1 Å². The van der Waals surface area contributed by atoms with Gasteiger partial charge in [0.2, 0.25) is 0 Å². The maximum atomic E-state index is 11.3. The lowest BCUT2D eigenvalue weighted by molar-refractivity contribution is -0.153. The van der Waals surface area contributed by atoms with Crippen LogP contribution in [0.25, 0.3) is 11.3 Å². The highest BCUT2D eigenvalue weighted by atomic mass is 79.9. The van der Waals surface area contributed by atoms with Crippen LogP contribution in [0.15, 0.2) is 29.1 Å². The van der Waals surface area contributed by atoms with Crippen LogP contribution in [0.1, 0.15) is 6.92 Å². The second-order valence-corrected chi connectivity index (χ2v) is 4.90. The quantitative estimate of drug-likeness (QED) is 0.817. The van der Waals surface area contributed by atoms with Gasteiger partial charge in [0.15, 0.2) is 6.10 Å². The van der Waals surface area contributed by atoms with E-state index in [4.69, 9.17) is 4.74 Å². The van der Waals surface area contributed by atoms with E-state index in [1.807, 2.05) is 6.07 Å². The maximum Gasteiger partial charge on any atom is 0.336 e. The summed E-state index contributed by atoms with van der Waals surface area (Å²) in [5.41, 5.74) is 1.39. The molecule has 0 radical (unpaired) electrons. The molecule has 2 aromatic heterocycles. The summed E-state index contributed by atoms with van der Waals surface area (Å²) in [6.07, 6.45) is 3.69. The van der Waals surface area contributed by atoms with Gasteiger partial charge in [0, 0.05) is 22.4 Å². The van der Waals surface area contributed by atoms with Crippen molar-refractivity contribution in [1.29, 1.82) is 0 Å². The number of aromatic nitrogens is 4. The van der Waals surface area contributed by atoms with Crippen LogP contribution in [0.5, 0.6) is 0 Å². The molecule has 20 heavy (non-hydrogen) atoms. The molecule has 0 saturated heterocycles. The zero-order chi connectivity index (χ0) is 14.5. The van der Waals surface area contributed by atoms with Crippen molar-refractivity contribution in [1.82, 2.24) is 20.0 Å². The molecule has 8 heteroatoms. The maximum absolute atomic E-state index is 11.3. The number of hydrogen-bond acceptors (Lipinski definition) is 6. The third-order valence-corrected chi connectivity index (χ3v) is 2.89. The molecule has 2 heterocycles. The van der Waals surface area contributed by atoms with E-state index in [1.165, 1.54) is 4.68 Å². The Labute approximate surface area is 123 Å². The molecule has 106 valence electrons. The molecule has 0 amide bonds. The third-order valence-electron chi connectivity index (χ3n) is 2.46. The van der Waals surface area contributed by atoms with Gasteiger partial charge >= 0.3 is 5.97 Å². The number of hydrogen-bond donors (Lipinski definition) is 1. The van der Waals surface area contributed by atoms with Crippen LogP contribution >= 0.6 is 15.9 Å². The Morgan fingerprint density at radius 1 is 1.55 bits per heavy atom. The monoisotopic (exact) mass is 340 g/mol. The van der Waals surface area contributed by atoms with E-state index < -0.39 is 12.1 Å². The Balaban J connectivity index is 2.08. The van der Waals surface area contributed by atoms with Gasteiger partial charge in [0.25, 0.3) is 0 Å². The first kappa shape index (κ1) is 14.6. The summed E-state index contributed by atoms with van der Waals surface area (Å²) < 4.78 is 6.93. The predicted octanol–water partition coefficient (Wildman–Crippen LogP) is 1.03. The van der Waals surface area contributed by atoms with Crippen molar-refractivity contribution in [2.24, 2.45) is 0 Å². The fraction of sp³-hybridized carbons (Fsp3) is 0.333. The average molecular weight is 341 g/mol. The first-order valence-corrected chi connectivity index (χ1v) is 6.75. The number of carbonyl (C=O) groups excluding carboxylic acids is 1. The van der Waals surface area contributed by atoms with Crippen molar-refractivity contribution >= 4 is 21.9 Å². The summed E-state index contributed by atoms with van der Waals surface area (Å²) in [6.45, 7) is 1.90. The van der Waals surface area contributed by atoms with Gasteiger partial charge in [-0.3, -0.25) is 4.98 Å². The minimum absolute atomic E-state index is 0.00668. The fourth-order valence-electron chi connectivity index (χ4n) is 1.56. The van der Waals surface area contributed by atoms with Gasteiger partial charge in [0.05, 0.1) is 19.3 Å². The van der Waals surface area contributed by atoms with Crippen LogP contribution in [0, 0.1) is 0 Å². The van der Waals surface area contributed by atoms with Crippen LogP contribution in [-0.4, -0.2) is 43.8 Å². The summed E-state index contributed by atoms with van der Waals surface area (Å²) in [5.74, 6) is -0.673. The molecule has 0 aliphatic heterocycles. The Kier molecular flexibility index (Phi) is 4.80. The lowest BCUT2D eigenvalue weighted by Crippen LogP contribution is -2.28. The second-order valence-electron chi connectivity index (χ2n) is 3.99. The summed E-state index contributed by atoms with van der Waals surface area (Å²) in [4.78, 5) is 15.4. The van der Waals surface area contributed by atoms with Crippen molar-refractivity contribution in [3.05, 3.63) is 29.1 Å². The van der Waals surface area contributed by atoms with Crippen LogP contribution in [-0.2, 0) is 16.1 Å². The van der Waals surface area contributed by atoms with Crippen molar-refractivity contribution in [2.45, 2.75) is 19.6 Å². The smallest absolute Gasteiger partial charge is 0.336 e. The minimum atomic E-state index is -1.26. The van der Waals surface area contributed by atoms with E-state index in [9.17, 15) is 9.90 Å². The number of aliphatic hydroxyl groups excluding tert-OH is 1. The van der Waals surface area contributed by atoms with Gasteiger partial charge in [-0.25, -0.2) is 9.48 Å². The van der Waals surface area contributed by atoms with Gasteiger partial charge in [-0.2, -0.15) is 0 Å². The summed E-state index contributed by atoms with van der Waals surface area (Å²) >= 11 is 3.32. The number of pyridine rings is 1. The van der Waals surface area contributed by atoms with Crippen molar-refractivity contribution < 1.29 is 14.6 Å². The SMILES string of the molecule is CCOC(=O)C(O)Cn1cc(-c2cncc(Br)c2)nn1. The highest BCUT2D eigenvalue weighted by molar-refractivity contribution is 9.10. The van der Waals surface area contributed by atoms with Gasteiger partial charge in [-0.15, -0.1) is 5.10 Å². The van der Waals surface area contributed by atoms with E-state index in [0.29, 0.717) is 5.69 Å². The number of halogens is 1. The van der Waals surface area contributed by atoms with Gasteiger partial charge in [-0.05, 0) is 28.9 Å². The Morgan fingerprint density at radius 3 is 3.05 bits per heavy atom. The number of nitrogens with zero attached hydrogens (tertiary/aromatic N) is 4. The summed E-state index contributed by atoms with van der Waals surface area (Å²) in [7, 11) is 0. The normalized spacial score (nSPS) is 12.2. The standard InChI is InChI=1S/C12H13BrN4O3/c1-2-20-12(19)11(18)7-17-6-10(15-16-17)8-3-9(13)5-14-4-8/h3-6,11,18H,2,7H2,1H3. The Bertz CT molecular complexity index is 602. The largest absolute Gasteiger partial charge is 0.464 e. The number of carbonyl (C=O) groups is 1. The fourth-order valence-corrected chi connectivity index (χ4v) is 1.93. The lowest BCUT2D eigenvalue weighted by atomic mass is 10.2. The number of esters is 1. The van der Waals surface area contributed by atoms with Crippen molar-refractivity contribution in [3.8, 4) is 11.3 Å². The zero-order valence-electron chi connectivity index (χ0n) is 10.7. The molecular weight excluding hydrogens is 328 g/mol. The molecule has 0 saturated carbocycles. The van der Waals surface area contributed by atoms with E-state index >= 15 is 0 Å². The lowest BCUT2D eigenvalue weighted by Gasteiger charge is -2.08. The molecule has 2 aromatic rings. The van der Waals surface area contributed by atoms with Gasteiger partial charge < -0.3 is 9.84 Å². The van der Waals surface area contributed by atoms with E-state index in [1.54, 1.807) is 25.5 Å². The third kappa shape index (κ3) is 3.61. The summed E-state index contributed by atoms with van der Waals surface area (Å²) in [6, 6.07) is 1.85. The molecule has 0 aliphatic carbocycles. The molecule has 7 nitrogen and oxygen atoms in total. The second kappa shape index (κ2) is 6.58. The number of aliphatic hydroxyl groups is 1. The van der Waals surface area contributed by atoms with Crippen molar-refractivity contribution in [2.75, 3.05) is 6.61 Å². The average Bonchev–Trinajstić information content (AvgIpc) is 2.87. The van der Waals surface area contributed by atoms with Crippen LogP contribution < -0.4 is 0 Å². The molecule has 0 aromatic carbocycles. The summed E-state index contributed by atoms with van der Waals surface area (Å²) in [5, 5.41) is 17.5. The molecular formula is C12H13BrN4O3. The molecule has 0 bridgehead atoms. The molecule has 1 atom stereocenters. The molecule has 1 N–H and O–H groups in total. The van der Waals surface area contributed by atoms with Gasteiger partial charge in [0.1, 0.15) is 5.69 Å². The molecule has 1 unspecified atom stereocenters. The van der Waals surface area contributed by atoms with Gasteiger partial charge in [-0.1, -0.05) is 5.21 Å².